The highest BCUT2D eigenvalue weighted by molar-refractivity contribution is 5.75. The highest BCUT2D eigenvalue weighted by atomic mass is 19.3. The standard InChI is InChI=1S/C12H24F2N2O2/c1-3-12(4-2,8-15)9-16-11(17)5-6-18-7-10(13)14/h10H,3-9,15H2,1-2H3,(H,16,17). The molecular formula is C12H24F2N2O2. The highest BCUT2D eigenvalue weighted by Crippen LogP contribution is 2.23. The molecule has 0 aliphatic carbocycles. The van der Waals surface area contributed by atoms with Gasteiger partial charge in [-0.25, -0.2) is 8.78 Å². The van der Waals surface area contributed by atoms with Crippen LogP contribution < -0.4 is 11.1 Å². The summed E-state index contributed by atoms with van der Waals surface area (Å²) < 4.78 is 28.2. The fraction of sp³-hybridized carbons (Fsp3) is 0.917. The minimum absolute atomic E-state index is 0.0179. The molecule has 3 N–H and O–H groups in total. The van der Waals surface area contributed by atoms with Gasteiger partial charge in [0.2, 0.25) is 5.91 Å². The van der Waals surface area contributed by atoms with Crippen LogP contribution in [0.25, 0.3) is 0 Å². The number of carbonyl (C=O) groups is 1. The minimum atomic E-state index is -2.49. The number of hydrogen-bond donors (Lipinski definition) is 2. The molecule has 0 fully saturated rings. The van der Waals surface area contributed by atoms with Crippen molar-refractivity contribution in [1.82, 2.24) is 5.32 Å². The Bertz CT molecular complexity index is 226. The number of ether oxygens (including phenoxy) is 1. The molecule has 0 spiro atoms. The Balaban J connectivity index is 3.81. The second-order valence-electron chi connectivity index (χ2n) is 4.40. The molecule has 0 aromatic carbocycles. The van der Waals surface area contributed by atoms with Crippen molar-refractivity contribution in [2.75, 3.05) is 26.3 Å². The van der Waals surface area contributed by atoms with Gasteiger partial charge in [-0.2, -0.15) is 0 Å². The Morgan fingerprint density at radius 2 is 2.00 bits per heavy atom. The molecular weight excluding hydrogens is 242 g/mol. The van der Waals surface area contributed by atoms with Crippen molar-refractivity contribution in [3.63, 3.8) is 0 Å². The maximum absolute atomic E-state index is 11.8. The SMILES string of the molecule is CCC(CC)(CN)CNC(=O)CCOCC(F)F. The van der Waals surface area contributed by atoms with E-state index in [1.54, 1.807) is 0 Å². The van der Waals surface area contributed by atoms with Crippen molar-refractivity contribution in [3.05, 3.63) is 0 Å². The average molecular weight is 266 g/mol. The number of nitrogens with one attached hydrogen (secondary N) is 1. The molecule has 108 valence electrons. The van der Waals surface area contributed by atoms with E-state index < -0.39 is 13.0 Å². The Labute approximate surface area is 107 Å². The normalized spacial score (nSPS) is 11.9. The van der Waals surface area contributed by atoms with Gasteiger partial charge in [0.15, 0.2) is 0 Å². The predicted molar refractivity (Wildman–Crippen MR) is 66.5 cm³/mol. The van der Waals surface area contributed by atoms with Crippen LogP contribution >= 0.6 is 0 Å². The van der Waals surface area contributed by atoms with Crippen molar-refractivity contribution in [2.24, 2.45) is 11.1 Å². The monoisotopic (exact) mass is 266 g/mol. The molecule has 1 amide bonds. The number of alkyl halides is 2. The van der Waals surface area contributed by atoms with Crippen LogP contribution in [0.1, 0.15) is 33.1 Å². The molecule has 0 bridgehead atoms. The van der Waals surface area contributed by atoms with E-state index in [9.17, 15) is 13.6 Å². The largest absolute Gasteiger partial charge is 0.375 e. The summed E-state index contributed by atoms with van der Waals surface area (Å²) in [6.07, 6.45) is -0.608. The van der Waals surface area contributed by atoms with Crippen LogP contribution in [0.2, 0.25) is 0 Å². The van der Waals surface area contributed by atoms with Crippen LogP contribution in [0.15, 0.2) is 0 Å². The summed E-state index contributed by atoms with van der Waals surface area (Å²) in [5.74, 6) is -0.191. The summed E-state index contributed by atoms with van der Waals surface area (Å²) in [6, 6.07) is 0. The third-order valence-electron chi connectivity index (χ3n) is 3.31. The lowest BCUT2D eigenvalue weighted by Crippen LogP contribution is -2.42. The molecule has 0 heterocycles. The third kappa shape index (κ3) is 6.86. The smallest absolute Gasteiger partial charge is 0.261 e. The van der Waals surface area contributed by atoms with E-state index in [-0.39, 0.29) is 24.3 Å². The predicted octanol–water partition coefficient (Wildman–Crippen LogP) is 1.54. The van der Waals surface area contributed by atoms with Crippen molar-refractivity contribution in [3.8, 4) is 0 Å². The van der Waals surface area contributed by atoms with Gasteiger partial charge in [-0.1, -0.05) is 13.8 Å². The lowest BCUT2D eigenvalue weighted by molar-refractivity contribution is -0.123. The van der Waals surface area contributed by atoms with Gasteiger partial charge in [0, 0.05) is 13.0 Å². The van der Waals surface area contributed by atoms with Crippen LogP contribution in [-0.4, -0.2) is 38.6 Å². The number of hydrogen-bond acceptors (Lipinski definition) is 3. The number of halogens is 2. The second kappa shape index (κ2) is 9.22. The molecule has 4 nitrogen and oxygen atoms in total. The van der Waals surface area contributed by atoms with Gasteiger partial charge in [0.25, 0.3) is 6.43 Å². The Kier molecular flexibility index (Phi) is 8.83. The molecule has 0 radical (unpaired) electrons. The molecule has 0 aromatic heterocycles. The van der Waals surface area contributed by atoms with Gasteiger partial charge < -0.3 is 15.8 Å². The van der Waals surface area contributed by atoms with Crippen LogP contribution in [-0.2, 0) is 9.53 Å². The molecule has 0 aromatic rings. The van der Waals surface area contributed by atoms with E-state index in [1.165, 1.54) is 0 Å². The lowest BCUT2D eigenvalue weighted by atomic mass is 9.82. The molecule has 18 heavy (non-hydrogen) atoms. The summed E-state index contributed by atoms with van der Waals surface area (Å²) >= 11 is 0. The van der Waals surface area contributed by atoms with Crippen LogP contribution in [0, 0.1) is 5.41 Å². The zero-order valence-corrected chi connectivity index (χ0v) is 11.2. The van der Waals surface area contributed by atoms with Crippen molar-refractivity contribution < 1.29 is 18.3 Å². The first-order valence-electron chi connectivity index (χ1n) is 6.32. The van der Waals surface area contributed by atoms with Gasteiger partial charge in [0.05, 0.1) is 6.61 Å². The van der Waals surface area contributed by atoms with Crippen molar-refractivity contribution >= 4 is 5.91 Å². The summed E-state index contributed by atoms with van der Waals surface area (Å²) in [7, 11) is 0. The van der Waals surface area contributed by atoms with Gasteiger partial charge in [-0.3, -0.25) is 4.79 Å². The van der Waals surface area contributed by atoms with Crippen LogP contribution in [0.5, 0.6) is 0 Å². The summed E-state index contributed by atoms with van der Waals surface area (Å²) in [5.41, 5.74) is 5.64. The van der Waals surface area contributed by atoms with Crippen LogP contribution in [0.4, 0.5) is 8.78 Å². The summed E-state index contributed by atoms with van der Waals surface area (Å²) in [6.45, 7) is 4.50. The minimum Gasteiger partial charge on any atom is -0.375 e. The average Bonchev–Trinajstić information content (AvgIpc) is 2.37. The van der Waals surface area contributed by atoms with Gasteiger partial charge in [-0.05, 0) is 24.8 Å². The van der Waals surface area contributed by atoms with E-state index in [1.807, 2.05) is 13.8 Å². The van der Waals surface area contributed by atoms with E-state index >= 15 is 0 Å². The number of amides is 1. The second-order valence-corrected chi connectivity index (χ2v) is 4.40. The van der Waals surface area contributed by atoms with E-state index in [0.29, 0.717) is 13.1 Å². The number of carbonyl (C=O) groups excluding carboxylic acids is 1. The van der Waals surface area contributed by atoms with Gasteiger partial charge in [0.1, 0.15) is 6.61 Å². The Hall–Kier alpha value is -0.750. The fourth-order valence-electron chi connectivity index (χ4n) is 1.57. The van der Waals surface area contributed by atoms with Crippen LogP contribution in [0.3, 0.4) is 0 Å². The molecule has 0 aliphatic rings. The molecule has 0 atom stereocenters. The van der Waals surface area contributed by atoms with E-state index in [4.69, 9.17) is 5.73 Å². The van der Waals surface area contributed by atoms with Crippen molar-refractivity contribution in [1.29, 1.82) is 0 Å². The van der Waals surface area contributed by atoms with Gasteiger partial charge in [-0.15, -0.1) is 0 Å². The zero-order chi connectivity index (χ0) is 14.0. The fourth-order valence-corrected chi connectivity index (χ4v) is 1.57. The highest BCUT2D eigenvalue weighted by Gasteiger charge is 2.24. The first-order chi connectivity index (χ1) is 8.49. The summed E-state index contributed by atoms with van der Waals surface area (Å²) in [4.78, 5) is 11.5. The molecule has 0 saturated heterocycles. The number of rotatable bonds is 10. The molecule has 0 rings (SSSR count). The molecule has 6 heteroatoms. The van der Waals surface area contributed by atoms with E-state index in [0.717, 1.165) is 12.8 Å². The summed E-state index contributed by atoms with van der Waals surface area (Å²) in [5, 5.41) is 2.78. The molecule has 0 saturated carbocycles. The first-order valence-corrected chi connectivity index (χ1v) is 6.32. The van der Waals surface area contributed by atoms with Gasteiger partial charge >= 0.3 is 0 Å². The lowest BCUT2D eigenvalue weighted by Gasteiger charge is -2.30. The maximum atomic E-state index is 11.8. The Morgan fingerprint density at radius 3 is 2.44 bits per heavy atom. The quantitative estimate of drug-likeness (QED) is 0.589. The topological polar surface area (TPSA) is 64.3 Å². The molecule has 0 aliphatic heterocycles. The molecule has 0 unspecified atom stereocenters. The first kappa shape index (κ1) is 17.2. The zero-order valence-electron chi connectivity index (χ0n) is 11.2. The maximum Gasteiger partial charge on any atom is 0.261 e. The number of nitrogens with two attached hydrogens (primary N) is 1. The van der Waals surface area contributed by atoms with E-state index in [2.05, 4.69) is 10.1 Å². The third-order valence-corrected chi connectivity index (χ3v) is 3.31. The van der Waals surface area contributed by atoms with Crippen molar-refractivity contribution in [2.45, 2.75) is 39.5 Å². The Morgan fingerprint density at radius 1 is 1.39 bits per heavy atom.